The maximum Gasteiger partial charge on any atom is 0.121 e. The van der Waals surface area contributed by atoms with Crippen LogP contribution in [0.4, 0.5) is 0 Å². The van der Waals surface area contributed by atoms with Crippen LogP contribution in [-0.2, 0) is 7.05 Å². The van der Waals surface area contributed by atoms with Crippen LogP contribution in [0.25, 0.3) is 22.2 Å². The zero-order chi connectivity index (χ0) is 12.5. The summed E-state index contributed by atoms with van der Waals surface area (Å²) in [5.74, 6) is 0.820. The van der Waals surface area contributed by atoms with Crippen molar-refractivity contribution in [1.29, 1.82) is 0 Å². The molecule has 4 nitrogen and oxygen atoms in total. The lowest BCUT2D eigenvalue weighted by atomic mass is 10.1. The van der Waals surface area contributed by atoms with Gasteiger partial charge in [0.05, 0.1) is 24.6 Å². The van der Waals surface area contributed by atoms with E-state index in [0.29, 0.717) is 0 Å². The number of nitrogens with zero attached hydrogens (tertiary/aromatic N) is 3. The van der Waals surface area contributed by atoms with Gasteiger partial charge in [0.25, 0.3) is 0 Å². The number of rotatable bonds is 2. The van der Waals surface area contributed by atoms with Crippen molar-refractivity contribution in [2.75, 3.05) is 7.11 Å². The minimum Gasteiger partial charge on any atom is -0.497 e. The lowest BCUT2D eigenvalue weighted by Crippen LogP contribution is -1.86. The molecule has 2 heterocycles. The highest BCUT2D eigenvalue weighted by Gasteiger charge is 2.04. The molecule has 0 saturated carbocycles. The van der Waals surface area contributed by atoms with E-state index in [2.05, 4.69) is 16.0 Å². The molecule has 0 aliphatic rings. The van der Waals surface area contributed by atoms with Crippen LogP contribution in [0.1, 0.15) is 0 Å². The number of ether oxygens (including phenoxy) is 1. The number of hydrogen-bond donors (Lipinski definition) is 0. The second-order valence-corrected chi connectivity index (χ2v) is 4.21. The summed E-state index contributed by atoms with van der Waals surface area (Å²) in [6, 6.07) is 7.96. The molecule has 0 radical (unpaired) electrons. The van der Waals surface area contributed by atoms with E-state index in [1.165, 1.54) is 0 Å². The van der Waals surface area contributed by atoms with Crippen LogP contribution in [-0.4, -0.2) is 21.6 Å². The smallest absolute Gasteiger partial charge is 0.121 e. The fraction of sp³-hybridized carbons (Fsp3) is 0.143. The molecule has 0 atom stereocenters. The lowest BCUT2D eigenvalue weighted by Gasteiger charge is -2.03. The molecule has 0 N–H and O–H groups in total. The van der Waals surface area contributed by atoms with E-state index in [1.807, 2.05) is 42.2 Å². The highest BCUT2D eigenvalue weighted by Crippen LogP contribution is 2.23. The molecule has 0 amide bonds. The van der Waals surface area contributed by atoms with Crippen LogP contribution in [0.15, 0.2) is 43.0 Å². The Bertz CT molecular complexity index is 703. The largest absolute Gasteiger partial charge is 0.497 e. The zero-order valence-corrected chi connectivity index (χ0v) is 10.3. The first-order chi connectivity index (χ1) is 8.76. The number of pyridine rings is 1. The molecule has 0 aliphatic carbocycles. The van der Waals surface area contributed by atoms with Crippen LogP contribution in [0.3, 0.4) is 0 Å². The van der Waals surface area contributed by atoms with Gasteiger partial charge in [0, 0.05) is 36.5 Å². The van der Waals surface area contributed by atoms with Gasteiger partial charge in [-0.15, -0.1) is 0 Å². The highest BCUT2D eigenvalue weighted by molar-refractivity contribution is 5.83. The Hall–Kier alpha value is -2.36. The normalized spacial score (nSPS) is 10.8. The van der Waals surface area contributed by atoms with Gasteiger partial charge in [-0.3, -0.25) is 4.98 Å². The van der Waals surface area contributed by atoms with Crippen molar-refractivity contribution in [2.24, 2.45) is 7.05 Å². The molecule has 0 bridgehead atoms. The van der Waals surface area contributed by atoms with Gasteiger partial charge in [-0.1, -0.05) is 0 Å². The Morgan fingerprint density at radius 2 is 2.06 bits per heavy atom. The summed E-state index contributed by atoms with van der Waals surface area (Å²) in [5.41, 5.74) is 2.88. The maximum atomic E-state index is 5.18. The number of fused-ring (bicyclic) bond motifs is 1. The van der Waals surface area contributed by atoms with Crippen molar-refractivity contribution in [3.05, 3.63) is 43.0 Å². The Morgan fingerprint density at radius 3 is 2.78 bits per heavy atom. The minimum atomic E-state index is 0.820. The van der Waals surface area contributed by atoms with Crippen molar-refractivity contribution < 1.29 is 4.74 Å². The molecule has 0 aliphatic heterocycles. The van der Waals surface area contributed by atoms with Crippen molar-refractivity contribution in [3.8, 4) is 17.0 Å². The summed E-state index contributed by atoms with van der Waals surface area (Å²) in [4.78, 5) is 8.77. The number of hydrogen-bond acceptors (Lipinski definition) is 3. The second kappa shape index (κ2) is 4.14. The van der Waals surface area contributed by atoms with Crippen LogP contribution >= 0.6 is 0 Å². The number of imidazole rings is 1. The predicted molar refractivity (Wildman–Crippen MR) is 70.5 cm³/mol. The molecular weight excluding hydrogens is 226 g/mol. The van der Waals surface area contributed by atoms with Crippen molar-refractivity contribution in [1.82, 2.24) is 14.5 Å². The van der Waals surface area contributed by atoms with Gasteiger partial charge in [0.2, 0.25) is 0 Å². The van der Waals surface area contributed by atoms with E-state index in [1.54, 1.807) is 13.4 Å². The molecule has 90 valence electrons. The average molecular weight is 239 g/mol. The van der Waals surface area contributed by atoms with Gasteiger partial charge in [-0.05, 0) is 18.2 Å². The number of aromatic nitrogens is 3. The molecule has 1 aromatic carbocycles. The Balaban J connectivity index is 2.11. The Labute approximate surface area is 105 Å². The maximum absolute atomic E-state index is 5.18. The topological polar surface area (TPSA) is 39.9 Å². The Morgan fingerprint density at radius 1 is 1.17 bits per heavy atom. The fourth-order valence-electron chi connectivity index (χ4n) is 1.93. The summed E-state index contributed by atoms with van der Waals surface area (Å²) in [6.45, 7) is 0. The summed E-state index contributed by atoms with van der Waals surface area (Å²) in [6.07, 6.45) is 5.60. The quantitative estimate of drug-likeness (QED) is 0.690. The molecular formula is C14H13N3O. The standard InChI is InChI=1S/C14H13N3O/c1-17-8-14(16-9-17)11-5-10-3-4-12(18-2)6-13(10)15-7-11/h3-9H,1-2H3. The van der Waals surface area contributed by atoms with E-state index in [9.17, 15) is 0 Å². The molecule has 0 saturated heterocycles. The fourth-order valence-corrected chi connectivity index (χ4v) is 1.93. The van der Waals surface area contributed by atoms with Gasteiger partial charge in [0.1, 0.15) is 5.75 Å². The first kappa shape index (κ1) is 10.8. The van der Waals surface area contributed by atoms with Crippen LogP contribution < -0.4 is 4.74 Å². The van der Waals surface area contributed by atoms with Gasteiger partial charge >= 0.3 is 0 Å². The van der Waals surface area contributed by atoms with Crippen LogP contribution in [0.2, 0.25) is 0 Å². The third-order valence-electron chi connectivity index (χ3n) is 2.89. The third kappa shape index (κ3) is 1.82. The number of methoxy groups -OCH3 is 1. The molecule has 0 fully saturated rings. The van der Waals surface area contributed by atoms with Gasteiger partial charge in [0.15, 0.2) is 0 Å². The van der Waals surface area contributed by atoms with Gasteiger partial charge in [-0.2, -0.15) is 0 Å². The summed E-state index contributed by atoms with van der Waals surface area (Å²) < 4.78 is 7.11. The van der Waals surface area contributed by atoms with E-state index in [-0.39, 0.29) is 0 Å². The zero-order valence-electron chi connectivity index (χ0n) is 10.3. The third-order valence-corrected chi connectivity index (χ3v) is 2.89. The Kier molecular flexibility index (Phi) is 2.48. The molecule has 2 aromatic heterocycles. The molecule has 0 unspecified atom stereocenters. The molecule has 3 aromatic rings. The van der Waals surface area contributed by atoms with E-state index in [4.69, 9.17) is 4.74 Å². The molecule has 3 rings (SSSR count). The van der Waals surface area contributed by atoms with Crippen LogP contribution in [0.5, 0.6) is 5.75 Å². The van der Waals surface area contributed by atoms with Crippen molar-refractivity contribution in [2.45, 2.75) is 0 Å². The van der Waals surface area contributed by atoms with Crippen molar-refractivity contribution in [3.63, 3.8) is 0 Å². The van der Waals surface area contributed by atoms with Crippen LogP contribution in [0, 0.1) is 0 Å². The summed E-state index contributed by atoms with van der Waals surface area (Å²) in [5, 5.41) is 1.08. The first-order valence-electron chi connectivity index (χ1n) is 5.68. The summed E-state index contributed by atoms with van der Waals surface area (Å²) in [7, 11) is 3.61. The molecule has 0 spiro atoms. The monoisotopic (exact) mass is 239 g/mol. The number of aryl methyl sites for hydroxylation is 1. The molecule has 4 heteroatoms. The number of benzene rings is 1. The van der Waals surface area contributed by atoms with E-state index >= 15 is 0 Å². The summed E-state index contributed by atoms with van der Waals surface area (Å²) >= 11 is 0. The SMILES string of the molecule is COc1ccc2cc(-c3cn(C)cn3)cnc2c1. The van der Waals surface area contributed by atoms with Crippen molar-refractivity contribution >= 4 is 10.9 Å². The van der Waals surface area contributed by atoms with Gasteiger partial charge in [-0.25, -0.2) is 4.98 Å². The van der Waals surface area contributed by atoms with Gasteiger partial charge < -0.3 is 9.30 Å². The average Bonchev–Trinajstić information content (AvgIpc) is 2.84. The first-order valence-corrected chi connectivity index (χ1v) is 5.68. The predicted octanol–water partition coefficient (Wildman–Crippen LogP) is 2.64. The van der Waals surface area contributed by atoms with E-state index < -0.39 is 0 Å². The molecule has 18 heavy (non-hydrogen) atoms. The van der Waals surface area contributed by atoms with E-state index in [0.717, 1.165) is 27.9 Å². The highest BCUT2D eigenvalue weighted by atomic mass is 16.5. The second-order valence-electron chi connectivity index (χ2n) is 4.21. The minimum absolute atomic E-state index is 0.820. The lowest BCUT2D eigenvalue weighted by molar-refractivity contribution is 0.415.